The van der Waals surface area contributed by atoms with Crippen LogP contribution in [0.5, 0.6) is 0 Å². The molecule has 1 N–H and O–H groups in total. The number of hydrogen-bond acceptors (Lipinski definition) is 4. The highest BCUT2D eigenvalue weighted by Gasteiger charge is 2.04. The quantitative estimate of drug-likeness (QED) is 0.820. The van der Waals surface area contributed by atoms with Crippen LogP contribution in [0.4, 0.5) is 5.82 Å². The number of halogens is 2. The maximum Gasteiger partial charge on any atom is 0.224 e. The van der Waals surface area contributed by atoms with Crippen molar-refractivity contribution in [2.45, 2.75) is 13.8 Å². The van der Waals surface area contributed by atoms with E-state index in [1.807, 2.05) is 0 Å². The van der Waals surface area contributed by atoms with Gasteiger partial charge in [0.1, 0.15) is 5.82 Å². The van der Waals surface area contributed by atoms with E-state index in [0.29, 0.717) is 0 Å². The van der Waals surface area contributed by atoms with E-state index in [0.717, 1.165) is 36.5 Å². The van der Waals surface area contributed by atoms with Crippen molar-refractivity contribution in [1.82, 2.24) is 14.9 Å². The van der Waals surface area contributed by atoms with Gasteiger partial charge in [-0.15, -0.1) is 0 Å². The van der Waals surface area contributed by atoms with Gasteiger partial charge in [-0.05, 0) is 40.6 Å². The Morgan fingerprint density at radius 3 is 2.75 bits per heavy atom. The first-order chi connectivity index (χ1) is 7.67. The van der Waals surface area contributed by atoms with Crippen LogP contribution in [0.15, 0.2) is 10.7 Å². The zero-order valence-corrected chi connectivity index (χ0v) is 11.8. The van der Waals surface area contributed by atoms with Gasteiger partial charge in [0.2, 0.25) is 5.28 Å². The van der Waals surface area contributed by atoms with Gasteiger partial charge in [-0.1, -0.05) is 13.8 Å². The van der Waals surface area contributed by atoms with Gasteiger partial charge in [-0.3, -0.25) is 0 Å². The van der Waals surface area contributed by atoms with Gasteiger partial charge >= 0.3 is 0 Å². The standard InChI is InChI=1S/C10H16BrClN4/c1-3-16(4-2)6-5-13-9-8(11)7-14-10(12)15-9/h7H,3-6H2,1-2H3,(H,13,14,15). The maximum absolute atomic E-state index is 5.72. The number of rotatable bonds is 6. The second kappa shape index (κ2) is 7.04. The van der Waals surface area contributed by atoms with Gasteiger partial charge in [0, 0.05) is 19.3 Å². The Morgan fingerprint density at radius 1 is 1.44 bits per heavy atom. The van der Waals surface area contributed by atoms with E-state index in [9.17, 15) is 0 Å². The topological polar surface area (TPSA) is 41.0 Å². The summed E-state index contributed by atoms with van der Waals surface area (Å²) in [5.74, 6) is 0.743. The number of nitrogens with zero attached hydrogens (tertiary/aromatic N) is 3. The molecule has 0 amide bonds. The zero-order valence-electron chi connectivity index (χ0n) is 9.50. The molecule has 0 unspecified atom stereocenters. The average molecular weight is 308 g/mol. The summed E-state index contributed by atoms with van der Waals surface area (Å²) >= 11 is 9.09. The third-order valence-electron chi connectivity index (χ3n) is 2.33. The molecule has 0 saturated heterocycles. The Hall–Kier alpha value is -0.390. The van der Waals surface area contributed by atoms with Crippen molar-refractivity contribution >= 4 is 33.3 Å². The van der Waals surface area contributed by atoms with Crippen molar-refractivity contribution in [3.8, 4) is 0 Å². The Morgan fingerprint density at radius 2 is 2.12 bits per heavy atom. The van der Waals surface area contributed by atoms with E-state index < -0.39 is 0 Å². The summed E-state index contributed by atoms with van der Waals surface area (Å²) in [7, 11) is 0. The van der Waals surface area contributed by atoms with Crippen LogP contribution in [-0.4, -0.2) is 41.0 Å². The normalized spacial score (nSPS) is 10.8. The Kier molecular flexibility index (Phi) is 6.01. The van der Waals surface area contributed by atoms with E-state index >= 15 is 0 Å². The fraction of sp³-hybridized carbons (Fsp3) is 0.600. The second-order valence-electron chi connectivity index (χ2n) is 3.29. The van der Waals surface area contributed by atoms with E-state index in [-0.39, 0.29) is 5.28 Å². The molecule has 0 saturated carbocycles. The monoisotopic (exact) mass is 306 g/mol. The van der Waals surface area contributed by atoms with Crippen LogP contribution in [0.2, 0.25) is 5.28 Å². The van der Waals surface area contributed by atoms with E-state index in [2.05, 4.69) is 50.0 Å². The van der Waals surface area contributed by atoms with Gasteiger partial charge < -0.3 is 10.2 Å². The van der Waals surface area contributed by atoms with Crippen molar-refractivity contribution < 1.29 is 0 Å². The molecule has 0 aliphatic heterocycles. The summed E-state index contributed by atoms with van der Waals surface area (Å²) in [6, 6.07) is 0. The summed E-state index contributed by atoms with van der Waals surface area (Å²) in [6.07, 6.45) is 1.65. The number of hydrogen-bond donors (Lipinski definition) is 1. The first-order valence-electron chi connectivity index (χ1n) is 5.31. The van der Waals surface area contributed by atoms with Crippen LogP contribution < -0.4 is 5.32 Å². The Bertz CT molecular complexity index is 331. The van der Waals surface area contributed by atoms with Crippen LogP contribution in [0.25, 0.3) is 0 Å². The van der Waals surface area contributed by atoms with Crippen molar-refractivity contribution in [3.05, 3.63) is 16.0 Å². The predicted octanol–water partition coefficient (Wildman–Crippen LogP) is 2.65. The summed E-state index contributed by atoms with van der Waals surface area (Å²) in [6.45, 7) is 8.25. The first-order valence-corrected chi connectivity index (χ1v) is 6.48. The van der Waals surface area contributed by atoms with Gasteiger partial charge in [0.25, 0.3) is 0 Å². The SMILES string of the molecule is CCN(CC)CCNc1nc(Cl)ncc1Br. The van der Waals surface area contributed by atoms with Gasteiger partial charge in [0.05, 0.1) is 4.47 Å². The summed E-state index contributed by atoms with van der Waals surface area (Å²) in [4.78, 5) is 10.3. The van der Waals surface area contributed by atoms with Gasteiger partial charge in [-0.25, -0.2) is 4.98 Å². The lowest BCUT2D eigenvalue weighted by Crippen LogP contribution is -2.28. The molecule has 0 aliphatic carbocycles. The van der Waals surface area contributed by atoms with Crippen LogP contribution in [0.3, 0.4) is 0 Å². The molecule has 0 fully saturated rings. The van der Waals surface area contributed by atoms with E-state index in [4.69, 9.17) is 11.6 Å². The van der Waals surface area contributed by atoms with E-state index in [1.165, 1.54) is 0 Å². The van der Waals surface area contributed by atoms with Crippen molar-refractivity contribution in [3.63, 3.8) is 0 Å². The number of likely N-dealkylation sites (N-methyl/N-ethyl adjacent to an activating group) is 1. The Labute approximate surface area is 110 Å². The molecule has 1 heterocycles. The third-order valence-corrected chi connectivity index (χ3v) is 3.09. The predicted molar refractivity (Wildman–Crippen MR) is 71.0 cm³/mol. The van der Waals surface area contributed by atoms with Gasteiger partial charge in [-0.2, -0.15) is 4.98 Å². The van der Waals surface area contributed by atoms with Crippen molar-refractivity contribution in [1.29, 1.82) is 0 Å². The van der Waals surface area contributed by atoms with Gasteiger partial charge in [0.15, 0.2) is 0 Å². The average Bonchev–Trinajstić information content (AvgIpc) is 2.29. The van der Waals surface area contributed by atoms with Crippen LogP contribution in [-0.2, 0) is 0 Å². The molecule has 6 heteroatoms. The molecule has 90 valence electrons. The molecular formula is C10H16BrClN4. The second-order valence-corrected chi connectivity index (χ2v) is 4.48. The summed E-state index contributed by atoms with van der Waals surface area (Å²) < 4.78 is 0.830. The highest BCUT2D eigenvalue weighted by molar-refractivity contribution is 9.10. The molecule has 0 aromatic carbocycles. The maximum atomic E-state index is 5.72. The molecule has 0 radical (unpaired) electrons. The molecular weight excluding hydrogens is 291 g/mol. The summed E-state index contributed by atoms with van der Waals surface area (Å²) in [5, 5.41) is 3.49. The molecule has 16 heavy (non-hydrogen) atoms. The van der Waals surface area contributed by atoms with E-state index in [1.54, 1.807) is 6.20 Å². The zero-order chi connectivity index (χ0) is 12.0. The molecule has 0 aliphatic rings. The highest BCUT2D eigenvalue weighted by Crippen LogP contribution is 2.19. The smallest absolute Gasteiger partial charge is 0.224 e. The highest BCUT2D eigenvalue weighted by atomic mass is 79.9. The van der Waals surface area contributed by atoms with Crippen molar-refractivity contribution in [2.75, 3.05) is 31.5 Å². The van der Waals surface area contributed by atoms with Crippen molar-refractivity contribution in [2.24, 2.45) is 0 Å². The lowest BCUT2D eigenvalue weighted by atomic mass is 10.4. The minimum Gasteiger partial charge on any atom is -0.368 e. The lowest BCUT2D eigenvalue weighted by molar-refractivity contribution is 0.316. The molecule has 0 spiro atoms. The number of anilines is 1. The molecule has 0 atom stereocenters. The Balaban J connectivity index is 2.45. The fourth-order valence-electron chi connectivity index (χ4n) is 1.34. The first kappa shape index (κ1) is 13.7. The van der Waals surface area contributed by atoms with Crippen LogP contribution in [0.1, 0.15) is 13.8 Å². The third kappa shape index (κ3) is 4.23. The molecule has 4 nitrogen and oxygen atoms in total. The summed E-state index contributed by atoms with van der Waals surface area (Å²) in [5.41, 5.74) is 0. The largest absolute Gasteiger partial charge is 0.368 e. The number of aromatic nitrogens is 2. The minimum absolute atomic E-state index is 0.258. The molecule has 1 rings (SSSR count). The molecule has 1 aromatic heterocycles. The van der Waals surface area contributed by atoms with Crippen LogP contribution in [0, 0.1) is 0 Å². The minimum atomic E-state index is 0.258. The lowest BCUT2D eigenvalue weighted by Gasteiger charge is -2.18. The number of nitrogens with one attached hydrogen (secondary N) is 1. The van der Waals surface area contributed by atoms with Crippen LogP contribution >= 0.6 is 27.5 Å². The molecule has 0 bridgehead atoms. The molecule has 1 aromatic rings. The fourth-order valence-corrected chi connectivity index (χ4v) is 1.81.